The molecule has 2 aromatic heterocycles. The van der Waals surface area contributed by atoms with Gasteiger partial charge in [-0.15, -0.1) is 0 Å². The van der Waals surface area contributed by atoms with Gasteiger partial charge in [0, 0.05) is 29.9 Å². The van der Waals surface area contributed by atoms with Gasteiger partial charge in [0.1, 0.15) is 5.41 Å². The third-order valence-corrected chi connectivity index (χ3v) is 5.10. The average molecular weight is 385 g/mol. The van der Waals surface area contributed by atoms with Crippen LogP contribution < -0.4 is 10.6 Å². The van der Waals surface area contributed by atoms with Gasteiger partial charge in [-0.1, -0.05) is 24.3 Å². The zero-order valence-electron chi connectivity index (χ0n) is 14.8. The van der Waals surface area contributed by atoms with E-state index >= 15 is 0 Å². The number of aromatic amines is 1. The Hall–Kier alpha value is -3.29. The molecule has 2 atom stereocenters. The van der Waals surface area contributed by atoms with Crippen molar-refractivity contribution in [2.75, 3.05) is 4.90 Å². The molecule has 0 radical (unpaired) electrons. The number of H-pyrrole nitrogens is 1. The number of nitrogens with two attached hydrogens (primary N) is 1. The number of alkyl halides is 3. The summed E-state index contributed by atoms with van der Waals surface area (Å²) in [6.07, 6.45) is 8.82. The Balaban J connectivity index is 1.92. The molecule has 0 aromatic carbocycles. The maximum atomic E-state index is 14.6. The van der Waals surface area contributed by atoms with Crippen LogP contribution in [0.2, 0.25) is 0 Å². The van der Waals surface area contributed by atoms with Crippen LogP contribution in [0.25, 0.3) is 5.57 Å². The van der Waals surface area contributed by atoms with Gasteiger partial charge in [0.15, 0.2) is 0 Å². The highest BCUT2D eigenvalue weighted by molar-refractivity contribution is 5.77. The van der Waals surface area contributed by atoms with Crippen molar-refractivity contribution in [3.8, 4) is 0 Å². The molecule has 0 amide bonds. The summed E-state index contributed by atoms with van der Waals surface area (Å²) in [6.45, 7) is 0. The molecule has 1 aliphatic heterocycles. The molecule has 4 rings (SSSR count). The molecular formula is C20H18F3N5. The molecule has 2 aromatic rings. The molecule has 0 spiro atoms. The zero-order chi connectivity index (χ0) is 19.8. The molecule has 3 heterocycles. The third-order valence-electron chi connectivity index (χ3n) is 5.10. The highest BCUT2D eigenvalue weighted by Gasteiger charge is 2.60. The summed E-state index contributed by atoms with van der Waals surface area (Å²) in [4.78, 5) is 5.89. The van der Waals surface area contributed by atoms with Gasteiger partial charge < -0.3 is 10.6 Å². The Morgan fingerprint density at radius 1 is 1.29 bits per heavy atom. The molecule has 2 aliphatic rings. The number of halogens is 3. The molecule has 8 heteroatoms. The summed E-state index contributed by atoms with van der Waals surface area (Å²) < 4.78 is 43.7. The van der Waals surface area contributed by atoms with E-state index in [0.29, 0.717) is 22.7 Å². The van der Waals surface area contributed by atoms with E-state index in [4.69, 9.17) is 5.73 Å². The standard InChI is InChI=1S/C20H18F3N5/c21-20(22,23)19(8-6-14(24)7-9-19)18-16(17-5-1-2-10-25-17)4-3-11-28(18)15-12-26-27-13-15/h1-8,10-13,18H,9,24H2,(H,26,27). The van der Waals surface area contributed by atoms with Crippen molar-refractivity contribution in [3.05, 3.63) is 84.8 Å². The SMILES string of the molecule is NC1=CCC(C2C(c3ccccn3)=CC=CN2c2cn[nH]c2)(C(F)(F)F)C=C1. The van der Waals surface area contributed by atoms with E-state index in [0.717, 1.165) is 0 Å². The maximum Gasteiger partial charge on any atom is 0.400 e. The molecule has 0 fully saturated rings. The molecule has 1 aliphatic carbocycles. The van der Waals surface area contributed by atoms with Crippen LogP contribution in [0.1, 0.15) is 12.1 Å². The quantitative estimate of drug-likeness (QED) is 0.840. The van der Waals surface area contributed by atoms with Crippen LogP contribution in [0, 0.1) is 5.41 Å². The van der Waals surface area contributed by atoms with E-state index in [1.54, 1.807) is 53.8 Å². The number of pyridine rings is 1. The molecule has 0 saturated carbocycles. The Bertz CT molecular complexity index is 957. The molecule has 144 valence electrons. The fourth-order valence-electron chi connectivity index (χ4n) is 3.71. The van der Waals surface area contributed by atoms with E-state index < -0.39 is 17.6 Å². The van der Waals surface area contributed by atoms with Crippen LogP contribution in [-0.4, -0.2) is 27.4 Å². The van der Waals surface area contributed by atoms with Crippen LogP contribution in [-0.2, 0) is 0 Å². The van der Waals surface area contributed by atoms with Crippen molar-refractivity contribution in [1.82, 2.24) is 15.2 Å². The van der Waals surface area contributed by atoms with Gasteiger partial charge in [-0.2, -0.15) is 18.3 Å². The van der Waals surface area contributed by atoms with E-state index in [9.17, 15) is 13.2 Å². The molecular weight excluding hydrogens is 367 g/mol. The second kappa shape index (κ2) is 6.70. The Kier molecular flexibility index (Phi) is 4.33. The van der Waals surface area contributed by atoms with Crippen LogP contribution in [0.3, 0.4) is 0 Å². The number of hydrogen-bond acceptors (Lipinski definition) is 4. The van der Waals surface area contributed by atoms with E-state index in [1.807, 2.05) is 0 Å². The Morgan fingerprint density at radius 2 is 2.14 bits per heavy atom. The first-order valence-electron chi connectivity index (χ1n) is 8.71. The fraction of sp³-hybridized carbons (Fsp3) is 0.200. The lowest BCUT2D eigenvalue weighted by molar-refractivity contribution is -0.207. The van der Waals surface area contributed by atoms with Crippen LogP contribution >= 0.6 is 0 Å². The minimum atomic E-state index is -4.52. The van der Waals surface area contributed by atoms with E-state index in [1.165, 1.54) is 24.4 Å². The number of aromatic nitrogens is 3. The summed E-state index contributed by atoms with van der Waals surface area (Å²) in [5, 5.41) is 6.58. The highest BCUT2D eigenvalue weighted by atomic mass is 19.4. The lowest BCUT2D eigenvalue weighted by Crippen LogP contribution is -2.55. The minimum Gasteiger partial charge on any atom is -0.399 e. The van der Waals surface area contributed by atoms with Gasteiger partial charge >= 0.3 is 6.18 Å². The summed E-state index contributed by atoms with van der Waals surface area (Å²) in [5.41, 5.74) is 5.38. The summed E-state index contributed by atoms with van der Waals surface area (Å²) >= 11 is 0. The second-order valence-electron chi connectivity index (χ2n) is 6.72. The lowest BCUT2D eigenvalue weighted by atomic mass is 9.69. The average Bonchev–Trinajstić information content (AvgIpc) is 3.23. The predicted molar refractivity (Wildman–Crippen MR) is 101 cm³/mol. The van der Waals surface area contributed by atoms with Crippen molar-refractivity contribution in [3.63, 3.8) is 0 Å². The predicted octanol–water partition coefficient (Wildman–Crippen LogP) is 3.94. The number of nitrogens with one attached hydrogen (secondary N) is 1. The van der Waals surface area contributed by atoms with Gasteiger partial charge in [-0.3, -0.25) is 10.1 Å². The van der Waals surface area contributed by atoms with Crippen molar-refractivity contribution in [1.29, 1.82) is 0 Å². The Morgan fingerprint density at radius 3 is 2.75 bits per heavy atom. The van der Waals surface area contributed by atoms with Crippen molar-refractivity contribution in [2.24, 2.45) is 11.1 Å². The Labute approximate surface area is 159 Å². The lowest BCUT2D eigenvalue weighted by Gasteiger charge is -2.47. The largest absolute Gasteiger partial charge is 0.400 e. The fourth-order valence-corrected chi connectivity index (χ4v) is 3.71. The minimum absolute atomic E-state index is 0.268. The summed E-state index contributed by atoms with van der Waals surface area (Å²) in [5.74, 6) is 0. The number of nitrogens with zero attached hydrogens (tertiary/aromatic N) is 3. The van der Waals surface area contributed by atoms with Gasteiger partial charge in [-0.25, -0.2) is 0 Å². The van der Waals surface area contributed by atoms with Crippen LogP contribution in [0.5, 0.6) is 0 Å². The van der Waals surface area contributed by atoms with Gasteiger partial charge in [0.2, 0.25) is 0 Å². The van der Waals surface area contributed by atoms with E-state index in [2.05, 4.69) is 15.2 Å². The number of allylic oxidation sites excluding steroid dienone is 4. The first-order chi connectivity index (χ1) is 13.4. The first-order valence-corrected chi connectivity index (χ1v) is 8.71. The maximum absolute atomic E-state index is 14.6. The monoisotopic (exact) mass is 385 g/mol. The molecule has 3 N–H and O–H groups in total. The second-order valence-corrected chi connectivity index (χ2v) is 6.72. The first kappa shape index (κ1) is 18.1. The smallest absolute Gasteiger partial charge is 0.399 e. The molecule has 0 saturated heterocycles. The molecule has 28 heavy (non-hydrogen) atoms. The van der Waals surface area contributed by atoms with Crippen molar-refractivity contribution >= 4 is 11.3 Å². The van der Waals surface area contributed by atoms with E-state index in [-0.39, 0.29) is 6.42 Å². The van der Waals surface area contributed by atoms with Crippen LogP contribution in [0.4, 0.5) is 18.9 Å². The highest BCUT2D eigenvalue weighted by Crippen LogP contribution is 2.53. The molecule has 5 nitrogen and oxygen atoms in total. The molecule has 0 bridgehead atoms. The zero-order valence-corrected chi connectivity index (χ0v) is 14.8. The molecule has 2 unspecified atom stereocenters. The van der Waals surface area contributed by atoms with Gasteiger partial charge in [0.05, 0.1) is 23.6 Å². The third kappa shape index (κ3) is 2.90. The van der Waals surface area contributed by atoms with Crippen LogP contribution in [0.15, 0.2) is 79.1 Å². The van der Waals surface area contributed by atoms with Crippen molar-refractivity contribution in [2.45, 2.75) is 18.6 Å². The number of anilines is 1. The van der Waals surface area contributed by atoms with Gasteiger partial charge in [-0.05, 0) is 30.7 Å². The summed E-state index contributed by atoms with van der Waals surface area (Å²) in [7, 11) is 0. The number of hydrogen-bond donors (Lipinski definition) is 2. The number of rotatable bonds is 3. The van der Waals surface area contributed by atoms with Crippen molar-refractivity contribution < 1.29 is 13.2 Å². The normalized spacial score (nSPS) is 24.8. The topological polar surface area (TPSA) is 70.8 Å². The van der Waals surface area contributed by atoms with Gasteiger partial charge in [0.25, 0.3) is 0 Å². The summed E-state index contributed by atoms with van der Waals surface area (Å²) in [6, 6.07) is 4.13.